The molecule has 2 aromatic heterocycles. The van der Waals surface area contributed by atoms with Gasteiger partial charge < -0.3 is 19.1 Å². The lowest BCUT2D eigenvalue weighted by Crippen LogP contribution is -2.55. The molecule has 39 heavy (non-hydrogen) atoms. The van der Waals surface area contributed by atoms with Crippen LogP contribution in [0.4, 0.5) is 13.2 Å². The van der Waals surface area contributed by atoms with E-state index in [1.54, 1.807) is 31.8 Å². The first-order chi connectivity index (χ1) is 18.3. The fraction of sp³-hybridized carbons (Fsp3) is 0.370. The molecule has 1 unspecified atom stereocenters. The number of aryl methyl sites for hydroxylation is 1. The van der Waals surface area contributed by atoms with Crippen LogP contribution in [-0.4, -0.2) is 42.4 Å². The molecule has 5 rings (SSSR count). The highest BCUT2D eigenvalue weighted by Crippen LogP contribution is 2.46. The SMILES string of the molecule is COc1cc(-c2nnc3n2CCCC3(Oc2ccc(Cl)c(C(F)(F)F)c2)C(C)(C)O)ccc1-c1cnn(C)c1. The summed E-state index contributed by atoms with van der Waals surface area (Å²) in [6.07, 6.45) is -0.174. The van der Waals surface area contributed by atoms with Gasteiger partial charge in [0.2, 0.25) is 0 Å². The summed E-state index contributed by atoms with van der Waals surface area (Å²) in [7, 11) is 3.41. The molecule has 0 bridgehead atoms. The molecule has 0 fully saturated rings. The average molecular weight is 562 g/mol. The van der Waals surface area contributed by atoms with E-state index in [0.717, 1.165) is 28.8 Å². The summed E-state index contributed by atoms with van der Waals surface area (Å²) >= 11 is 5.81. The highest BCUT2D eigenvalue weighted by molar-refractivity contribution is 6.31. The number of hydrogen-bond donors (Lipinski definition) is 1. The minimum atomic E-state index is -4.67. The zero-order valence-electron chi connectivity index (χ0n) is 21.8. The van der Waals surface area contributed by atoms with Crippen LogP contribution in [0.3, 0.4) is 0 Å². The van der Waals surface area contributed by atoms with Crippen LogP contribution in [-0.2, 0) is 25.4 Å². The second-order valence-corrected chi connectivity index (χ2v) is 10.5. The third-order valence-electron chi connectivity index (χ3n) is 7.02. The summed E-state index contributed by atoms with van der Waals surface area (Å²) in [5.74, 6) is 1.36. The van der Waals surface area contributed by atoms with E-state index in [1.807, 2.05) is 36.0 Å². The van der Waals surface area contributed by atoms with E-state index >= 15 is 0 Å². The maximum Gasteiger partial charge on any atom is 0.417 e. The fourth-order valence-electron chi connectivity index (χ4n) is 5.04. The number of aliphatic hydroxyl groups is 1. The third-order valence-corrected chi connectivity index (χ3v) is 7.35. The lowest BCUT2D eigenvalue weighted by atomic mass is 9.79. The number of methoxy groups -OCH3 is 1. The Bertz CT molecular complexity index is 1530. The van der Waals surface area contributed by atoms with Gasteiger partial charge in [-0.05, 0) is 57.0 Å². The van der Waals surface area contributed by atoms with E-state index in [1.165, 1.54) is 6.07 Å². The van der Waals surface area contributed by atoms with Gasteiger partial charge in [-0.3, -0.25) is 4.68 Å². The lowest BCUT2D eigenvalue weighted by molar-refractivity contribution is -0.141. The molecule has 0 saturated carbocycles. The Balaban J connectivity index is 1.59. The van der Waals surface area contributed by atoms with E-state index in [-0.39, 0.29) is 5.75 Å². The molecule has 1 N–H and O–H groups in total. The summed E-state index contributed by atoms with van der Waals surface area (Å²) in [5, 5.41) is 23.9. The van der Waals surface area contributed by atoms with Gasteiger partial charge in [-0.25, -0.2) is 0 Å². The predicted molar refractivity (Wildman–Crippen MR) is 139 cm³/mol. The van der Waals surface area contributed by atoms with Crippen LogP contribution < -0.4 is 9.47 Å². The molecule has 2 aromatic carbocycles. The fourth-order valence-corrected chi connectivity index (χ4v) is 5.27. The number of alkyl halides is 3. The molecule has 1 atom stereocenters. The second kappa shape index (κ2) is 9.56. The van der Waals surface area contributed by atoms with Crippen molar-refractivity contribution < 1.29 is 27.8 Å². The van der Waals surface area contributed by atoms with Crippen LogP contribution in [0, 0.1) is 0 Å². The topological polar surface area (TPSA) is 87.2 Å². The Morgan fingerprint density at radius 1 is 1.08 bits per heavy atom. The van der Waals surface area contributed by atoms with Crippen molar-refractivity contribution in [1.82, 2.24) is 24.5 Å². The minimum Gasteiger partial charge on any atom is -0.496 e. The highest BCUT2D eigenvalue weighted by atomic mass is 35.5. The van der Waals surface area contributed by atoms with Gasteiger partial charge in [-0.1, -0.05) is 17.7 Å². The second-order valence-electron chi connectivity index (χ2n) is 10.0. The van der Waals surface area contributed by atoms with Gasteiger partial charge in [-0.15, -0.1) is 10.2 Å². The number of aromatic nitrogens is 5. The van der Waals surface area contributed by atoms with Crippen LogP contribution in [0.1, 0.15) is 38.1 Å². The smallest absolute Gasteiger partial charge is 0.417 e. The number of fused-ring (bicyclic) bond motifs is 1. The lowest BCUT2D eigenvalue weighted by Gasteiger charge is -2.44. The van der Waals surface area contributed by atoms with Crippen LogP contribution >= 0.6 is 11.6 Å². The van der Waals surface area contributed by atoms with Crippen molar-refractivity contribution in [3.8, 4) is 34.0 Å². The summed E-state index contributed by atoms with van der Waals surface area (Å²) in [6.45, 7) is 3.62. The van der Waals surface area contributed by atoms with Gasteiger partial charge in [0.1, 0.15) is 17.1 Å². The van der Waals surface area contributed by atoms with Crippen molar-refractivity contribution in [1.29, 1.82) is 0 Å². The summed E-state index contributed by atoms with van der Waals surface area (Å²) in [6, 6.07) is 8.96. The van der Waals surface area contributed by atoms with Crippen molar-refractivity contribution in [2.24, 2.45) is 7.05 Å². The van der Waals surface area contributed by atoms with Crippen LogP contribution in [0.2, 0.25) is 5.02 Å². The van der Waals surface area contributed by atoms with Crippen molar-refractivity contribution in [2.45, 2.75) is 50.6 Å². The highest BCUT2D eigenvalue weighted by Gasteiger charge is 2.53. The predicted octanol–water partition coefficient (Wildman–Crippen LogP) is 5.87. The van der Waals surface area contributed by atoms with Crippen molar-refractivity contribution >= 4 is 11.6 Å². The molecule has 3 heterocycles. The molecule has 12 heteroatoms. The summed E-state index contributed by atoms with van der Waals surface area (Å²) in [4.78, 5) is 0. The molecule has 4 aromatic rings. The molecule has 1 aliphatic heterocycles. The summed E-state index contributed by atoms with van der Waals surface area (Å²) in [5.41, 5.74) is -1.57. The Labute approximate surface area is 228 Å². The number of benzene rings is 2. The van der Waals surface area contributed by atoms with Crippen LogP contribution in [0.5, 0.6) is 11.5 Å². The van der Waals surface area contributed by atoms with Gasteiger partial charge in [0, 0.05) is 36.5 Å². The monoisotopic (exact) mass is 561 g/mol. The van der Waals surface area contributed by atoms with Gasteiger partial charge in [-0.2, -0.15) is 18.3 Å². The number of hydrogen-bond acceptors (Lipinski definition) is 6. The maximum atomic E-state index is 13.5. The maximum absolute atomic E-state index is 13.5. The van der Waals surface area contributed by atoms with Gasteiger partial charge in [0.15, 0.2) is 17.2 Å². The van der Waals surface area contributed by atoms with E-state index in [9.17, 15) is 18.3 Å². The quantitative estimate of drug-likeness (QED) is 0.317. The molecule has 0 saturated heterocycles. The molecular formula is C27H27ClF3N5O3. The zero-order chi connectivity index (χ0) is 28.2. The van der Waals surface area contributed by atoms with Gasteiger partial charge in [0.05, 0.1) is 23.9 Å². The first-order valence-corrected chi connectivity index (χ1v) is 12.6. The van der Waals surface area contributed by atoms with Gasteiger partial charge in [0.25, 0.3) is 0 Å². The standard InChI is InChI=1S/C27H27ClF3N5O3/c1-25(2,37)26(39-18-7-9-21(28)20(13-18)27(29,30)31)10-5-11-36-23(33-34-24(26)36)16-6-8-19(22(12-16)38-4)17-14-32-35(3)15-17/h6-9,12-15,37H,5,10-11H2,1-4H3. The van der Waals surface area contributed by atoms with Gasteiger partial charge >= 0.3 is 6.18 Å². The molecule has 1 aliphatic rings. The van der Waals surface area contributed by atoms with Crippen molar-refractivity contribution in [3.63, 3.8) is 0 Å². The first-order valence-electron chi connectivity index (χ1n) is 12.2. The largest absolute Gasteiger partial charge is 0.496 e. The van der Waals surface area contributed by atoms with Crippen LogP contribution in [0.15, 0.2) is 48.8 Å². The summed E-state index contributed by atoms with van der Waals surface area (Å²) < 4.78 is 56.0. The molecule has 206 valence electrons. The van der Waals surface area contributed by atoms with Crippen LogP contribution in [0.25, 0.3) is 22.5 Å². The molecule has 0 aliphatic carbocycles. The Morgan fingerprint density at radius 3 is 2.49 bits per heavy atom. The normalized spacial score (nSPS) is 17.7. The third kappa shape index (κ3) is 4.74. The Kier molecular flexibility index (Phi) is 6.62. The minimum absolute atomic E-state index is 0.0886. The van der Waals surface area contributed by atoms with E-state index in [4.69, 9.17) is 21.1 Å². The van der Waals surface area contributed by atoms with E-state index in [0.29, 0.717) is 36.8 Å². The zero-order valence-corrected chi connectivity index (χ0v) is 22.5. The molecule has 0 radical (unpaired) electrons. The Morgan fingerprint density at radius 2 is 1.85 bits per heavy atom. The van der Waals surface area contributed by atoms with E-state index in [2.05, 4.69) is 15.3 Å². The molecular weight excluding hydrogens is 535 g/mol. The number of ether oxygens (including phenoxy) is 2. The van der Waals surface area contributed by atoms with E-state index < -0.39 is 28.0 Å². The van der Waals surface area contributed by atoms with Crippen molar-refractivity contribution in [3.05, 3.63) is 65.2 Å². The molecule has 0 amide bonds. The number of rotatable bonds is 6. The first kappa shape index (κ1) is 27.0. The number of nitrogens with zero attached hydrogens (tertiary/aromatic N) is 5. The molecule has 8 nitrogen and oxygen atoms in total. The average Bonchev–Trinajstić information content (AvgIpc) is 3.50. The number of halogens is 4. The molecule has 0 spiro atoms. The van der Waals surface area contributed by atoms with Crippen molar-refractivity contribution in [2.75, 3.05) is 7.11 Å². The Hall–Kier alpha value is -3.57.